The maximum Gasteiger partial charge on any atom is 0.160 e. The van der Waals surface area contributed by atoms with Crippen LogP contribution >= 0.6 is 0 Å². The molecule has 0 radical (unpaired) electrons. The molecule has 4 nitrogen and oxygen atoms in total. The van der Waals surface area contributed by atoms with E-state index in [2.05, 4.69) is 0 Å². The number of aliphatic hydroxyl groups is 1. The van der Waals surface area contributed by atoms with Gasteiger partial charge in [0.25, 0.3) is 0 Å². The standard InChI is InChI=1S/C22H30O4/c1-16-9-11-20(13-17(16)2)26-15-19(23)8-6-5-7-18-10-12-21(24-3)22(14-18)25-4/h9-14,19,23H,5-8,15H2,1-4H3/i5D2,7D2,9D,10D,11D,12D,13D,14D,15D2. The largest absolute Gasteiger partial charge is 0.493 e. The van der Waals surface area contributed by atoms with Gasteiger partial charge in [-0.05, 0) is 73.9 Å². The molecule has 26 heavy (non-hydrogen) atoms. The van der Waals surface area contributed by atoms with Gasteiger partial charge in [0.15, 0.2) is 11.5 Å². The number of hydrogen-bond acceptors (Lipinski definition) is 4. The summed E-state index contributed by atoms with van der Waals surface area (Å²) in [6.07, 6.45) is -9.48. The minimum Gasteiger partial charge on any atom is -0.493 e. The maximum atomic E-state index is 10.5. The zero-order valence-corrected chi connectivity index (χ0v) is 15.2. The molecule has 2 aromatic rings. The van der Waals surface area contributed by atoms with Crippen molar-refractivity contribution in [2.75, 3.05) is 20.8 Å². The highest BCUT2D eigenvalue weighted by Gasteiger charge is 2.07. The van der Waals surface area contributed by atoms with Gasteiger partial charge in [0, 0.05) is 5.48 Å². The Balaban J connectivity index is 2.38. The van der Waals surface area contributed by atoms with E-state index in [4.69, 9.17) is 30.7 Å². The molecule has 1 unspecified atom stereocenters. The summed E-state index contributed by atoms with van der Waals surface area (Å²) in [5, 5.41) is 10.5. The topological polar surface area (TPSA) is 47.9 Å². The van der Waals surface area contributed by atoms with Gasteiger partial charge in [-0.1, -0.05) is 18.5 Å². The second-order valence-electron chi connectivity index (χ2n) is 5.35. The summed E-state index contributed by atoms with van der Waals surface area (Å²) in [7, 11) is 2.32. The van der Waals surface area contributed by atoms with Crippen LogP contribution in [0.1, 0.15) is 52.4 Å². The molecule has 1 atom stereocenters. The van der Waals surface area contributed by atoms with Gasteiger partial charge in [-0.25, -0.2) is 0 Å². The quantitative estimate of drug-likeness (QED) is 0.670. The monoisotopic (exact) mass is 370 g/mol. The number of methoxy groups -OCH3 is 2. The van der Waals surface area contributed by atoms with Gasteiger partial charge in [-0.15, -0.1) is 0 Å². The van der Waals surface area contributed by atoms with E-state index in [9.17, 15) is 5.11 Å². The maximum absolute atomic E-state index is 10.5. The summed E-state index contributed by atoms with van der Waals surface area (Å²) in [6, 6.07) is -3.25. The van der Waals surface area contributed by atoms with Crippen LogP contribution in [-0.4, -0.2) is 32.0 Å². The average molecular weight is 371 g/mol. The molecule has 0 bridgehead atoms. The first-order valence-corrected chi connectivity index (χ1v) is 7.94. The van der Waals surface area contributed by atoms with Crippen molar-refractivity contribution in [3.63, 3.8) is 0 Å². The average Bonchev–Trinajstić information content (AvgIpc) is 2.84. The minimum atomic E-state index is -3.05. The van der Waals surface area contributed by atoms with Crippen LogP contribution in [0.2, 0.25) is 0 Å². The normalized spacial score (nSPS) is 20.2. The third-order valence-corrected chi connectivity index (χ3v) is 3.43. The Hall–Kier alpha value is -2.20. The lowest BCUT2D eigenvalue weighted by Gasteiger charge is -2.13. The van der Waals surface area contributed by atoms with Crippen molar-refractivity contribution >= 4 is 0 Å². The van der Waals surface area contributed by atoms with Gasteiger partial charge in [0.1, 0.15) is 12.3 Å². The molecule has 2 aromatic carbocycles. The third kappa shape index (κ3) is 5.95. The van der Waals surface area contributed by atoms with E-state index >= 15 is 0 Å². The highest BCUT2D eigenvalue weighted by Crippen LogP contribution is 2.28. The lowest BCUT2D eigenvalue weighted by atomic mass is 10.0. The van der Waals surface area contributed by atoms with Crippen LogP contribution in [0.3, 0.4) is 0 Å². The van der Waals surface area contributed by atoms with Crippen LogP contribution in [0.15, 0.2) is 36.3 Å². The first-order chi connectivity index (χ1) is 17.3. The first-order valence-electron chi connectivity index (χ1n) is 13.9. The molecule has 2 rings (SSSR count). The summed E-state index contributed by atoms with van der Waals surface area (Å²) in [5.74, 6) is -1.20. The Kier molecular flexibility index (Phi) is 3.54. The van der Waals surface area contributed by atoms with Gasteiger partial charge < -0.3 is 19.3 Å². The number of ether oxygens (including phenoxy) is 3. The fraction of sp³-hybridized carbons (Fsp3) is 0.455. The zero-order valence-electron chi connectivity index (χ0n) is 27.2. The van der Waals surface area contributed by atoms with Gasteiger partial charge in [-0.3, -0.25) is 0 Å². The molecule has 0 aromatic heterocycles. The molecule has 0 heterocycles. The molecular formula is C22H30O4. The van der Waals surface area contributed by atoms with Crippen LogP contribution in [0.5, 0.6) is 17.2 Å². The molecule has 0 fully saturated rings. The molecule has 142 valence electrons. The Bertz CT molecular complexity index is 1190. The zero-order chi connectivity index (χ0) is 29.5. The number of benzene rings is 2. The SMILES string of the molecule is [2H]c1c([2H])c(OC([2H])([2H])C(O)CCC([2H])([2H])C([2H])([2H])c2c([2H])c([2H])c(OC)c(OC)c2[2H])c([2H])c(C)c1C. The van der Waals surface area contributed by atoms with Crippen LogP contribution in [0, 0.1) is 13.8 Å². The fourth-order valence-electron chi connectivity index (χ4n) is 1.86. The van der Waals surface area contributed by atoms with Crippen LogP contribution < -0.4 is 14.2 Å². The molecule has 0 amide bonds. The van der Waals surface area contributed by atoms with E-state index in [0.29, 0.717) is 5.56 Å². The van der Waals surface area contributed by atoms with Crippen molar-refractivity contribution in [2.24, 2.45) is 0 Å². The van der Waals surface area contributed by atoms with E-state index in [0.717, 1.165) is 7.11 Å². The van der Waals surface area contributed by atoms with Crippen molar-refractivity contribution in [1.82, 2.24) is 0 Å². The first kappa shape index (κ1) is 9.14. The van der Waals surface area contributed by atoms with E-state index in [1.807, 2.05) is 0 Å². The molecule has 0 spiro atoms. The Labute approximate surface area is 173 Å². The molecule has 0 saturated heterocycles. The van der Waals surface area contributed by atoms with Gasteiger partial charge >= 0.3 is 0 Å². The summed E-state index contributed by atoms with van der Waals surface area (Å²) < 4.78 is 114. The Morgan fingerprint density at radius 1 is 1.04 bits per heavy atom. The van der Waals surface area contributed by atoms with E-state index in [1.165, 1.54) is 21.0 Å². The highest BCUT2D eigenvalue weighted by atomic mass is 16.5. The molecule has 0 aliphatic rings. The van der Waals surface area contributed by atoms with Crippen LogP contribution in [0.25, 0.3) is 0 Å². The van der Waals surface area contributed by atoms with Gasteiger partial charge in [0.2, 0.25) is 0 Å². The number of hydrogen-bond donors (Lipinski definition) is 1. The van der Waals surface area contributed by atoms with Crippen molar-refractivity contribution in [2.45, 2.75) is 45.5 Å². The predicted molar refractivity (Wildman–Crippen MR) is 105 cm³/mol. The van der Waals surface area contributed by atoms with E-state index in [1.54, 1.807) is 0 Å². The summed E-state index contributed by atoms with van der Waals surface area (Å²) >= 11 is 0. The summed E-state index contributed by atoms with van der Waals surface area (Å²) in [5.41, 5.74) is -0.135. The Morgan fingerprint density at radius 3 is 2.54 bits per heavy atom. The molecule has 0 aliphatic heterocycles. The van der Waals surface area contributed by atoms with Gasteiger partial charge in [-0.2, -0.15) is 0 Å². The summed E-state index contributed by atoms with van der Waals surface area (Å²) in [6.45, 7) is 0.0905. The van der Waals surface area contributed by atoms with Crippen LogP contribution in [-0.2, 0) is 6.37 Å². The summed E-state index contributed by atoms with van der Waals surface area (Å²) in [4.78, 5) is 0. The fourth-order valence-corrected chi connectivity index (χ4v) is 1.86. The highest BCUT2D eigenvalue weighted by molar-refractivity contribution is 5.42. The minimum absolute atomic E-state index is 0.274. The van der Waals surface area contributed by atoms with Crippen molar-refractivity contribution in [3.8, 4) is 17.2 Å². The molecular weight excluding hydrogens is 328 g/mol. The van der Waals surface area contributed by atoms with Crippen molar-refractivity contribution < 1.29 is 35.8 Å². The smallest absolute Gasteiger partial charge is 0.160 e. The lowest BCUT2D eigenvalue weighted by Crippen LogP contribution is -2.17. The Morgan fingerprint density at radius 2 is 1.81 bits per heavy atom. The second kappa shape index (κ2) is 10.1. The third-order valence-electron chi connectivity index (χ3n) is 3.43. The molecule has 0 aliphatic carbocycles. The number of rotatable bonds is 10. The van der Waals surface area contributed by atoms with E-state index < -0.39 is 73.7 Å². The van der Waals surface area contributed by atoms with Crippen molar-refractivity contribution in [3.05, 3.63) is 52.9 Å². The molecule has 1 N–H and O–H groups in total. The van der Waals surface area contributed by atoms with Crippen LogP contribution in [0.4, 0.5) is 0 Å². The van der Waals surface area contributed by atoms with E-state index in [-0.39, 0.29) is 29.1 Å². The predicted octanol–water partition coefficient (Wildman–Crippen LogP) is 4.47. The second-order valence-corrected chi connectivity index (χ2v) is 5.35. The lowest BCUT2D eigenvalue weighted by molar-refractivity contribution is 0.0976. The number of aliphatic hydroxyl groups excluding tert-OH is 1. The molecule has 0 saturated carbocycles. The van der Waals surface area contributed by atoms with Crippen molar-refractivity contribution in [1.29, 1.82) is 0 Å². The molecule has 4 heteroatoms. The van der Waals surface area contributed by atoms with Gasteiger partial charge in [0.05, 0.1) is 31.3 Å².